The van der Waals surface area contributed by atoms with Crippen LogP contribution in [0, 0.1) is 10.1 Å². The van der Waals surface area contributed by atoms with E-state index >= 15 is 0 Å². The van der Waals surface area contributed by atoms with Crippen molar-refractivity contribution in [1.29, 1.82) is 0 Å². The van der Waals surface area contributed by atoms with Gasteiger partial charge in [-0.25, -0.2) is 0 Å². The van der Waals surface area contributed by atoms with E-state index in [-0.39, 0.29) is 16.5 Å². The van der Waals surface area contributed by atoms with Crippen LogP contribution in [-0.2, 0) is 0 Å². The second-order valence-electron chi connectivity index (χ2n) is 5.83. The van der Waals surface area contributed by atoms with Crippen LogP contribution in [-0.4, -0.2) is 19.1 Å². The number of rotatable bonds is 6. The lowest BCUT2D eigenvalue weighted by molar-refractivity contribution is -0.384. The molecule has 3 rings (SSSR count). The highest BCUT2D eigenvalue weighted by atomic mass is 16.6. The fourth-order valence-corrected chi connectivity index (χ4v) is 2.99. The van der Waals surface area contributed by atoms with E-state index in [0.717, 1.165) is 28.2 Å². The molecule has 0 aliphatic heterocycles. The number of non-ortho nitro benzene ring substituents is 1. The SMILES string of the molecule is COc1ccc(C(c2ccc(OC)cc2)c2cccc([N+](=O)[O-])c2)cc1. The van der Waals surface area contributed by atoms with Crippen LogP contribution in [0.25, 0.3) is 0 Å². The topological polar surface area (TPSA) is 61.6 Å². The van der Waals surface area contributed by atoms with Gasteiger partial charge in [-0.1, -0.05) is 36.4 Å². The fraction of sp³-hybridized carbons (Fsp3) is 0.143. The van der Waals surface area contributed by atoms with Gasteiger partial charge in [0, 0.05) is 18.1 Å². The summed E-state index contributed by atoms with van der Waals surface area (Å²) in [6, 6.07) is 22.2. The van der Waals surface area contributed by atoms with Gasteiger partial charge in [0.1, 0.15) is 11.5 Å². The standard InChI is InChI=1S/C21H19NO4/c1-25-19-10-6-15(7-11-19)21(16-8-12-20(26-2)13-9-16)17-4-3-5-18(14-17)22(23)24/h3-14,21H,1-2H3. The minimum absolute atomic E-state index is 0.0783. The fourth-order valence-electron chi connectivity index (χ4n) is 2.99. The predicted molar refractivity (Wildman–Crippen MR) is 100 cm³/mol. The zero-order chi connectivity index (χ0) is 18.5. The van der Waals surface area contributed by atoms with Gasteiger partial charge < -0.3 is 9.47 Å². The van der Waals surface area contributed by atoms with Crippen LogP contribution in [0.2, 0.25) is 0 Å². The molecule has 0 bridgehead atoms. The van der Waals surface area contributed by atoms with Gasteiger partial charge in [-0.3, -0.25) is 10.1 Å². The maximum atomic E-state index is 11.2. The minimum atomic E-state index is -0.372. The molecule has 0 atom stereocenters. The van der Waals surface area contributed by atoms with Crippen LogP contribution in [0.5, 0.6) is 11.5 Å². The highest BCUT2D eigenvalue weighted by molar-refractivity contribution is 5.48. The average molecular weight is 349 g/mol. The molecule has 0 aliphatic carbocycles. The van der Waals surface area contributed by atoms with Crippen molar-refractivity contribution in [2.24, 2.45) is 0 Å². The lowest BCUT2D eigenvalue weighted by Crippen LogP contribution is -2.04. The van der Waals surface area contributed by atoms with Gasteiger partial charge in [0.25, 0.3) is 5.69 Å². The summed E-state index contributed by atoms with van der Waals surface area (Å²) < 4.78 is 10.5. The second-order valence-corrected chi connectivity index (χ2v) is 5.83. The molecule has 0 amide bonds. The smallest absolute Gasteiger partial charge is 0.269 e. The summed E-state index contributed by atoms with van der Waals surface area (Å²) in [5.74, 6) is 1.40. The Hall–Kier alpha value is -3.34. The Morgan fingerprint density at radius 2 is 1.27 bits per heavy atom. The molecule has 132 valence electrons. The van der Waals surface area contributed by atoms with Crippen molar-refractivity contribution < 1.29 is 14.4 Å². The number of nitro groups is 1. The summed E-state index contributed by atoms with van der Waals surface area (Å²) >= 11 is 0. The Bertz CT molecular complexity index is 841. The van der Waals surface area contributed by atoms with Crippen LogP contribution in [0.1, 0.15) is 22.6 Å². The van der Waals surface area contributed by atoms with Crippen molar-refractivity contribution in [3.63, 3.8) is 0 Å². The van der Waals surface area contributed by atoms with Crippen molar-refractivity contribution in [3.8, 4) is 11.5 Å². The third-order valence-electron chi connectivity index (χ3n) is 4.31. The highest BCUT2D eigenvalue weighted by Crippen LogP contribution is 2.35. The van der Waals surface area contributed by atoms with Crippen molar-refractivity contribution in [3.05, 3.63) is 99.6 Å². The lowest BCUT2D eigenvalue weighted by Gasteiger charge is -2.19. The number of nitrogens with zero attached hydrogens (tertiary/aromatic N) is 1. The van der Waals surface area contributed by atoms with E-state index in [1.807, 2.05) is 54.6 Å². The molecule has 26 heavy (non-hydrogen) atoms. The molecule has 0 saturated carbocycles. The Morgan fingerprint density at radius 1 is 0.769 bits per heavy atom. The zero-order valence-corrected chi connectivity index (χ0v) is 14.6. The molecule has 0 radical (unpaired) electrons. The first-order chi connectivity index (χ1) is 12.6. The van der Waals surface area contributed by atoms with Crippen molar-refractivity contribution in [2.75, 3.05) is 14.2 Å². The molecule has 0 spiro atoms. The second kappa shape index (κ2) is 7.70. The molecule has 0 fully saturated rings. The van der Waals surface area contributed by atoms with Gasteiger partial charge in [0.15, 0.2) is 0 Å². The number of hydrogen-bond acceptors (Lipinski definition) is 4. The van der Waals surface area contributed by atoms with Gasteiger partial charge in [0.2, 0.25) is 0 Å². The maximum Gasteiger partial charge on any atom is 0.269 e. The van der Waals surface area contributed by atoms with Crippen LogP contribution in [0.3, 0.4) is 0 Å². The molecular formula is C21H19NO4. The summed E-state index contributed by atoms with van der Waals surface area (Å²) in [6.07, 6.45) is 0. The quantitative estimate of drug-likeness (QED) is 0.365. The Labute approximate surface area is 152 Å². The molecule has 5 nitrogen and oxygen atoms in total. The highest BCUT2D eigenvalue weighted by Gasteiger charge is 2.19. The van der Waals surface area contributed by atoms with Gasteiger partial charge in [-0.2, -0.15) is 0 Å². The molecule has 0 aromatic heterocycles. The summed E-state index contributed by atoms with van der Waals surface area (Å²) in [4.78, 5) is 10.8. The van der Waals surface area contributed by atoms with E-state index in [2.05, 4.69) is 0 Å². The Morgan fingerprint density at radius 3 is 1.69 bits per heavy atom. The molecule has 0 unspecified atom stereocenters. The molecule has 3 aromatic carbocycles. The lowest BCUT2D eigenvalue weighted by atomic mass is 9.85. The third-order valence-corrected chi connectivity index (χ3v) is 4.31. The van der Waals surface area contributed by atoms with Crippen LogP contribution in [0.15, 0.2) is 72.8 Å². The monoisotopic (exact) mass is 349 g/mol. The van der Waals surface area contributed by atoms with Crippen molar-refractivity contribution in [1.82, 2.24) is 0 Å². The zero-order valence-electron chi connectivity index (χ0n) is 14.6. The Balaban J connectivity index is 2.11. The molecule has 0 N–H and O–H groups in total. The molecule has 3 aromatic rings. The van der Waals surface area contributed by atoms with Crippen LogP contribution in [0.4, 0.5) is 5.69 Å². The first-order valence-electron chi connectivity index (χ1n) is 8.14. The third kappa shape index (κ3) is 3.67. The van der Waals surface area contributed by atoms with E-state index in [1.54, 1.807) is 26.4 Å². The first kappa shape index (κ1) is 17.5. The summed E-state index contributed by atoms with van der Waals surface area (Å²) in [6.45, 7) is 0. The predicted octanol–water partition coefficient (Wildman–Crippen LogP) is 4.79. The number of methoxy groups -OCH3 is 2. The van der Waals surface area contributed by atoms with Gasteiger partial charge in [-0.15, -0.1) is 0 Å². The summed E-state index contributed by atoms with van der Waals surface area (Å²) in [5, 5.41) is 11.2. The molecule has 5 heteroatoms. The average Bonchev–Trinajstić information content (AvgIpc) is 2.69. The van der Waals surface area contributed by atoms with E-state index in [9.17, 15) is 10.1 Å². The minimum Gasteiger partial charge on any atom is -0.497 e. The summed E-state index contributed by atoms with van der Waals surface area (Å²) in [5.41, 5.74) is 2.98. The van der Waals surface area contributed by atoms with Gasteiger partial charge >= 0.3 is 0 Å². The molecule has 0 aliphatic rings. The van der Waals surface area contributed by atoms with Crippen LogP contribution < -0.4 is 9.47 Å². The van der Waals surface area contributed by atoms with E-state index in [1.165, 1.54) is 6.07 Å². The number of benzene rings is 3. The van der Waals surface area contributed by atoms with E-state index < -0.39 is 0 Å². The van der Waals surface area contributed by atoms with Gasteiger partial charge in [-0.05, 0) is 41.0 Å². The van der Waals surface area contributed by atoms with Crippen molar-refractivity contribution >= 4 is 5.69 Å². The number of nitro benzene ring substituents is 1. The Kier molecular flexibility index (Phi) is 5.17. The largest absolute Gasteiger partial charge is 0.497 e. The number of hydrogen-bond donors (Lipinski definition) is 0. The van der Waals surface area contributed by atoms with E-state index in [0.29, 0.717) is 0 Å². The maximum absolute atomic E-state index is 11.2. The van der Waals surface area contributed by atoms with E-state index in [4.69, 9.17) is 9.47 Å². The molecule has 0 heterocycles. The van der Waals surface area contributed by atoms with Gasteiger partial charge in [0.05, 0.1) is 19.1 Å². The summed E-state index contributed by atoms with van der Waals surface area (Å²) in [7, 11) is 3.24. The van der Waals surface area contributed by atoms with Crippen LogP contribution >= 0.6 is 0 Å². The first-order valence-corrected chi connectivity index (χ1v) is 8.14. The normalized spacial score (nSPS) is 10.6. The molecule has 0 saturated heterocycles. The molecular weight excluding hydrogens is 330 g/mol. The number of ether oxygens (including phenoxy) is 2. The van der Waals surface area contributed by atoms with Crippen molar-refractivity contribution in [2.45, 2.75) is 5.92 Å².